The first-order valence-electron chi connectivity index (χ1n) is 9.89. The van der Waals surface area contributed by atoms with Gasteiger partial charge < -0.3 is 14.0 Å². The van der Waals surface area contributed by atoms with Gasteiger partial charge >= 0.3 is 5.97 Å². The molecular formula is C22H24N2O6S2. The van der Waals surface area contributed by atoms with Crippen molar-refractivity contribution in [2.75, 3.05) is 26.6 Å². The minimum absolute atomic E-state index is 0.0388. The molecule has 0 saturated carbocycles. The summed E-state index contributed by atoms with van der Waals surface area (Å²) in [4.78, 5) is 29.5. The molecule has 2 aromatic carbocycles. The van der Waals surface area contributed by atoms with E-state index in [0.29, 0.717) is 35.7 Å². The second kappa shape index (κ2) is 10.2. The van der Waals surface area contributed by atoms with Gasteiger partial charge in [-0.05, 0) is 42.8 Å². The maximum Gasteiger partial charge on any atom is 0.337 e. The van der Waals surface area contributed by atoms with Gasteiger partial charge in [0.2, 0.25) is 0 Å². The summed E-state index contributed by atoms with van der Waals surface area (Å²) < 4.78 is 36.1. The van der Waals surface area contributed by atoms with E-state index in [2.05, 4.69) is 4.99 Å². The van der Waals surface area contributed by atoms with Gasteiger partial charge in [-0.25, -0.2) is 13.2 Å². The van der Waals surface area contributed by atoms with Crippen molar-refractivity contribution in [3.8, 4) is 0 Å². The summed E-state index contributed by atoms with van der Waals surface area (Å²) in [6.07, 6.45) is 1.17. The molecule has 3 rings (SSSR count). The van der Waals surface area contributed by atoms with Crippen molar-refractivity contribution in [2.45, 2.75) is 24.8 Å². The first-order chi connectivity index (χ1) is 15.2. The van der Waals surface area contributed by atoms with Crippen molar-refractivity contribution in [3.63, 3.8) is 0 Å². The largest absolute Gasteiger partial charge is 0.465 e. The first kappa shape index (κ1) is 23.8. The number of aromatic nitrogens is 1. The Hall–Kier alpha value is -2.82. The van der Waals surface area contributed by atoms with Gasteiger partial charge in [0, 0.05) is 19.4 Å². The van der Waals surface area contributed by atoms with E-state index in [9.17, 15) is 18.0 Å². The zero-order chi connectivity index (χ0) is 23.3. The number of fused-ring (bicyclic) bond motifs is 1. The van der Waals surface area contributed by atoms with Crippen LogP contribution in [0.25, 0.3) is 10.2 Å². The van der Waals surface area contributed by atoms with E-state index in [-0.39, 0.29) is 17.2 Å². The summed E-state index contributed by atoms with van der Waals surface area (Å²) in [7, 11) is -1.97. The zero-order valence-corrected chi connectivity index (χ0v) is 19.7. The summed E-state index contributed by atoms with van der Waals surface area (Å²) >= 11 is 1.30. The van der Waals surface area contributed by atoms with Crippen LogP contribution in [0.2, 0.25) is 0 Å². The summed E-state index contributed by atoms with van der Waals surface area (Å²) in [5, 5.41) is 0. The fourth-order valence-corrected chi connectivity index (χ4v) is 4.84. The molecule has 0 unspecified atom stereocenters. The van der Waals surface area contributed by atoms with Crippen LogP contribution in [0.5, 0.6) is 0 Å². The Kier molecular flexibility index (Phi) is 7.60. The van der Waals surface area contributed by atoms with Crippen LogP contribution >= 0.6 is 11.3 Å². The van der Waals surface area contributed by atoms with Gasteiger partial charge in [0.1, 0.15) is 0 Å². The van der Waals surface area contributed by atoms with Crippen LogP contribution < -0.4 is 4.80 Å². The highest BCUT2D eigenvalue weighted by molar-refractivity contribution is 7.90. The van der Waals surface area contributed by atoms with Gasteiger partial charge in [0.05, 0.1) is 40.8 Å². The number of nitrogens with zero attached hydrogens (tertiary/aromatic N) is 2. The molecule has 0 aliphatic carbocycles. The van der Waals surface area contributed by atoms with E-state index < -0.39 is 15.8 Å². The van der Waals surface area contributed by atoms with Gasteiger partial charge in [-0.3, -0.25) is 4.79 Å². The van der Waals surface area contributed by atoms with Crippen molar-refractivity contribution in [1.29, 1.82) is 0 Å². The van der Waals surface area contributed by atoms with E-state index in [1.165, 1.54) is 30.6 Å². The number of ether oxygens (including phenoxy) is 2. The summed E-state index contributed by atoms with van der Waals surface area (Å²) in [6.45, 7) is 3.43. The number of benzene rings is 2. The van der Waals surface area contributed by atoms with Crippen molar-refractivity contribution in [2.24, 2.45) is 4.99 Å². The predicted octanol–water partition coefficient (Wildman–Crippen LogP) is 2.60. The monoisotopic (exact) mass is 476 g/mol. The number of hydrogen-bond acceptors (Lipinski definition) is 7. The van der Waals surface area contributed by atoms with Gasteiger partial charge in [0.25, 0.3) is 5.91 Å². The van der Waals surface area contributed by atoms with E-state index in [1.54, 1.807) is 30.3 Å². The average Bonchev–Trinajstić information content (AvgIpc) is 3.09. The maximum atomic E-state index is 12.6. The van der Waals surface area contributed by atoms with Gasteiger partial charge in [0.15, 0.2) is 14.6 Å². The summed E-state index contributed by atoms with van der Waals surface area (Å²) in [5.74, 6) is -0.796. The van der Waals surface area contributed by atoms with Gasteiger partial charge in [-0.1, -0.05) is 23.5 Å². The molecule has 32 heavy (non-hydrogen) atoms. The van der Waals surface area contributed by atoms with E-state index in [0.717, 1.165) is 16.5 Å². The molecule has 0 fully saturated rings. The highest BCUT2D eigenvalue weighted by atomic mass is 32.2. The molecule has 10 heteroatoms. The average molecular weight is 477 g/mol. The quantitative estimate of drug-likeness (QED) is 0.366. The number of esters is 1. The molecule has 1 heterocycles. The molecule has 0 saturated heterocycles. The molecule has 170 valence electrons. The van der Waals surface area contributed by atoms with Crippen LogP contribution in [0, 0.1) is 0 Å². The maximum absolute atomic E-state index is 12.6. The number of carbonyl (C=O) groups is 2. The fraction of sp³-hybridized carbons (Fsp3) is 0.318. The van der Waals surface area contributed by atoms with Crippen LogP contribution in [-0.4, -0.2) is 51.4 Å². The van der Waals surface area contributed by atoms with Crippen LogP contribution in [0.3, 0.4) is 0 Å². The second-order valence-electron chi connectivity index (χ2n) is 7.01. The Morgan fingerprint density at radius 1 is 1.12 bits per heavy atom. The Morgan fingerprint density at radius 3 is 2.47 bits per heavy atom. The smallest absolute Gasteiger partial charge is 0.337 e. The van der Waals surface area contributed by atoms with Crippen LogP contribution in [0.4, 0.5) is 0 Å². The number of hydrogen-bond donors (Lipinski definition) is 0. The predicted molar refractivity (Wildman–Crippen MR) is 121 cm³/mol. The number of rotatable bonds is 8. The normalized spacial score (nSPS) is 12.3. The Morgan fingerprint density at radius 2 is 1.84 bits per heavy atom. The van der Waals surface area contributed by atoms with Crippen LogP contribution in [-0.2, 0) is 37.1 Å². The standard InChI is InChI=1S/C22H24N2O6S2/c1-4-30-12-11-24-18-10-7-16(21(26)29-2)14-19(18)31-22(24)23-20(25)13-15-5-8-17(9-6-15)32(3,27)28/h5-10,14H,4,11-13H2,1-3H3. The number of amides is 1. The summed E-state index contributed by atoms with van der Waals surface area (Å²) in [5.41, 5.74) is 1.93. The third-order valence-electron chi connectivity index (χ3n) is 4.69. The minimum Gasteiger partial charge on any atom is -0.465 e. The van der Waals surface area contributed by atoms with Crippen molar-refractivity contribution >= 4 is 43.3 Å². The molecule has 0 aliphatic rings. The third-order valence-corrected chi connectivity index (χ3v) is 6.86. The molecule has 0 atom stereocenters. The Bertz CT molecular complexity index is 1300. The van der Waals surface area contributed by atoms with Gasteiger partial charge in [-0.2, -0.15) is 4.99 Å². The Balaban J connectivity index is 1.94. The molecule has 0 bridgehead atoms. The van der Waals surface area contributed by atoms with Crippen molar-refractivity contribution in [1.82, 2.24) is 4.57 Å². The van der Waals surface area contributed by atoms with Crippen molar-refractivity contribution in [3.05, 3.63) is 58.4 Å². The lowest BCUT2D eigenvalue weighted by Gasteiger charge is -2.06. The van der Waals surface area contributed by atoms with Crippen LogP contribution in [0.1, 0.15) is 22.8 Å². The lowest BCUT2D eigenvalue weighted by Crippen LogP contribution is -2.20. The molecule has 0 spiro atoms. The first-order valence-corrected chi connectivity index (χ1v) is 12.6. The number of methoxy groups -OCH3 is 1. The molecule has 1 aromatic heterocycles. The minimum atomic E-state index is -3.29. The zero-order valence-electron chi connectivity index (χ0n) is 18.0. The number of sulfone groups is 1. The summed E-state index contributed by atoms with van der Waals surface area (Å²) in [6, 6.07) is 11.4. The van der Waals surface area contributed by atoms with Crippen molar-refractivity contribution < 1.29 is 27.5 Å². The molecule has 0 N–H and O–H groups in total. The van der Waals surface area contributed by atoms with E-state index in [1.807, 2.05) is 11.5 Å². The van der Waals surface area contributed by atoms with E-state index in [4.69, 9.17) is 9.47 Å². The Labute approximate surface area is 190 Å². The third kappa shape index (κ3) is 5.70. The number of thiazole rings is 1. The molecular weight excluding hydrogens is 452 g/mol. The lowest BCUT2D eigenvalue weighted by molar-refractivity contribution is -0.117. The topological polar surface area (TPSA) is 104 Å². The molecule has 8 nitrogen and oxygen atoms in total. The molecule has 0 aliphatic heterocycles. The molecule has 3 aromatic rings. The fourth-order valence-electron chi connectivity index (χ4n) is 3.09. The van der Waals surface area contributed by atoms with Gasteiger partial charge in [-0.15, -0.1) is 0 Å². The van der Waals surface area contributed by atoms with Crippen LogP contribution in [0.15, 0.2) is 52.4 Å². The lowest BCUT2D eigenvalue weighted by atomic mass is 10.1. The molecule has 0 radical (unpaired) electrons. The second-order valence-corrected chi connectivity index (χ2v) is 10.0. The highest BCUT2D eigenvalue weighted by Gasteiger charge is 2.13. The highest BCUT2D eigenvalue weighted by Crippen LogP contribution is 2.20. The van der Waals surface area contributed by atoms with E-state index >= 15 is 0 Å². The number of carbonyl (C=O) groups excluding carboxylic acids is 2. The molecule has 1 amide bonds. The SMILES string of the molecule is CCOCCn1c(=NC(=O)Cc2ccc(S(C)(=O)=O)cc2)sc2cc(C(=O)OC)ccc21.